The van der Waals surface area contributed by atoms with Crippen molar-refractivity contribution in [3.63, 3.8) is 0 Å². The highest BCUT2D eigenvalue weighted by Crippen LogP contribution is 2.03. The molecule has 0 aromatic heterocycles. The van der Waals surface area contributed by atoms with Crippen molar-refractivity contribution in [2.24, 2.45) is 0 Å². The average Bonchev–Trinajstić information content (AvgIpc) is 2.47. The molecule has 3 amide bonds. The van der Waals surface area contributed by atoms with Crippen molar-refractivity contribution in [2.75, 3.05) is 6.61 Å². The minimum absolute atomic E-state index is 0.182. The van der Waals surface area contributed by atoms with E-state index in [1.165, 1.54) is 13.8 Å². The van der Waals surface area contributed by atoms with Crippen LogP contribution in [0.2, 0.25) is 0 Å². The maximum atomic E-state index is 12.2. The fourth-order valence-electron chi connectivity index (χ4n) is 1.71. The van der Waals surface area contributed by atoms with Gasteiger partial charge in [-0.25, -0.2) is 14.6 Å². The summed E-state index contributed by atoms with van der Waals surface area (Å²) in [6.45, 7) is 4.93. The van der Waals surface area contributed by atoms with Crippen molar-refractivity contribution < 1.29 is 19.1 Å². The Hall–Kier alpha value is -2.57. The van der Waals surface area contributed by atoms with Gasteiger partial charge in [0.1, 0.15) is 6.04 Å². The zero-order chi connectivity index (χ0) is 16.5. The molecule has 7 heteroatoms. The zero-order valence-electron chi connectivity index (χ0n) is 13.0. The first-order valence-electron chi connectivity index (χ1n) is 6.99. The SMILES string of the molecule is CCOC(=O)[C@H](C)NC(=O)N(Cc1ccccc1)NC(C)=O. The van der Waals surface area contributed by atoms with Gasteiger partial charge in [0, 0.05) is 6.92 Å². The lowest BCUT2D eigenvalue weighted by molar-refractivity contribution is -0.144. The summed E-state index contributed by atoms with van der Waals surface area (Å²) in [5.41, 5.74) is 3.28. The van der Waals surface area contributed by atoms with Crippen molar-refractivity contribution in [3.05, 3.63) is 35.9 Å². The number of carbonyl (C=O) groups is 3. The molecule has 0 aliphatic rings. The van der Waals surface area contributed by atoms with E-state index in [9.17, 15) is 14.4 Å². The number of nitrogens with one attached hydrogen (secondary N) is 2. The number of urea groups is 1. The van der Waals surface area contributed by atoms with E-state index in [1.807, 2.05) is 30.3 Å². The van der Waals surface area contributed by atoms with E-state index in [4.69, 9.17) is 4.74 Å². The van der Waals surface area contributed by atoms with Gasteiger partial charge in [-0.05, 0) is 19.4 Å². The first kappa shape index (κ1) is 17.5. The molecule has 1 aromatic carbocycles. The van der Waals surface area contributed by atoms with Crippen molar-refractivity contribution >= 4 is 17.9 Å². The number of carbonyl (C=O) groups excluding carboxylic acids is 3. The monoisotopic (exact) mass is 307 g/mol. The second-order valence-corrected chi connectivity index (χ2v) is 4.66. The molecule has 120 valence electrons. The maximum Gasteiger partial charge on any atom is 0.337 e. The number of esters is 1. The average molecular weight is 307 g/mol. The van der Waals surface area contributed by atoms with Crippen molar-refractivity contribution in [3.8, 4) is 0 Å². The number of amides is 3. The molecule has 0 aliphatic carbocycles. The molecule has 7 nitrogen and oxygen atoms in total. The van der Waals surface area contributed by atoms with Gasteiger partial charge in [-0.1, -0.05) is 30.3 Å². The smallest absolute Gasteiger partial charge is 0.337 e. The van der Waals surface area contributed by atoms with E-state index >= 15 is 0 Å². The highest BCUT2D eigenvalue weighted by Gasteiger charge is 2.21. The Kier molecular flexibility index (Phi) is 6.88. The van der Waals surface area contributed by atoms with Gasteiger partial charge in [0.15, 0.2) is 0 Å². The standard InChI is InChI=1S/C15H21N3O4/c1-4-22-14(20)11(2)16-15(21)18(17-12(3)19)10-13-8-6-5-7-9-13/h5-9,11H,4,10H2,1-3H3,(H,16,21)(H,17,19)/t11-/m0/s1. The minimum Gasteiger partial charge on any atom is -0.464 e. The van der Waals surface area contributed by atoms with E-state index < -0.39 is 18.0 Å². The fraction of sp³-hybridized carbons (Fsp3) is 0.400. The quantitative estimate of drug-likeness (QED) is 0.632. The van der Waals surface area contributed by atoms with Gasteiger partial charge in [0.25, 0.3) is 0 Å². The number of rotatable bonds is 5. The lowest BCUT2D eigenvalue weighted by Gasteiger charge is -2.24. The van der Waals surface area contributed by atoms with Crippen molar-refractivity contribution in [1.82, 2.24) is 15.8 Å². The van der Waals surface area contributed by atoms with E-state index in [0.29, 0.717) is 0 Å². The molecule has 1 atom stereocenters. The van der Waals surface area contributed by atoms with Crippen LogP contribution in [0.1, 0.15) is 26.3 Å². The molecule has 0 bridgehead atoms. The van der Waals surface area contributed by atoms with Crippen molar-refractivity contribution in [2.45, 2.75) is 33.4 Å². The maximum absolute atomic E-state index is 12.2. The molecule has 0 saturated carbocycles. The number of ether oxygens (including phenoxy) is 1. The predicted octanol–water partition coefficient (Wildman–Crippen LogP) is 1.20. The Morgan fingerprint density at radius 1 is 1.23 bits per heavy atom. The van der Waals surface area contributed by atoms with Crippen LogP contribution in [0.5, 0.6) is 0 Å². The molecule has 1 rings (SSSR count). The van der Waals surface area contributed by atoms with E-state index in [1.54, 1.807) is 6.92 Å². The number of benzene rings is 1. The number of hydrogen-bond acceptors (Lipinski definition) is 4. The molecule has 0 aliphatic heterocycles. The summed E-state index contributed by atoms with van der Waals surface area (Å²) >= 11 is 0. The van der Waals surface area contributed by atoms with Gasteiger partial charge in [-0.3, -0.25) is 10.2 Å². The minimum atomic E-state index is -0.806. The first-order valence-corrected chi connectivity index (χ1v) is 6.99. The predicted molar refractivity (Wildman–Crippen MR) is 80.4 cm³/mol. The molecular formula is C15H21N3O4. The topological polar surface area (TPSA) is 87.7 Å². The Morgan fingerprint density at radius 3 is 2.41 bits per heavy atom. The molecule has 0 heterocycles. The van der Waals surface area contributed by atoms with Crippen LogP contribution in [0.25, 0.3) is 0 Å². The second kappa shape index (κ2) is 8.66. The Bertz CT molecular complexity index is 519. The molecule has 2 N–H and O–H groups in total. The third kappa shape index (κ3) is 5.82. The van der Waals surface area contributed by atoms with Crippen LogP contribution in [-0.2, 0) is 20.9 Å². The Morgan fingerprint density at radius 2 is 1.86 bits per heavy atom. The Balaban J connectivity index is 2.72. The first-order chi connectivity index (χ1) is 10.4. The van der Waals surface area contributed by atoms with Gasteiger partial charge in [-0.2, -0.15) is 0 Å². The van der Waals surface area contributed by atoms with Crippen LogP contribution in [0, 0.1) is 0 Å². The zero-order valence-corrected chi connectivity index (χ0v) is 13.0. The number of nitrogens with zero attached hydrogens (tertiary/aromatic N) is 1. The molecule has 0 fully saturated rings. The van der Waals surface area contributed by atoms with Gasteiger partial charge < -0.3 is 10.1 Å². The fourth-order valence-corrected chi connectivity index (χ4v) is 1.71. The van der Waals surface area contributed by atoms with Crippen LogP contribution >= 0.6 is 0 Å². The summed E-state index contributed by atoms with van der Waals surface area (Å²) in [4.78, 5) is 35.0. The van der Waals surface area contributed by atoms with Gasteiger partial charge in [0.2, 0.25) is 5.91 Å². The van der Waals surface area contributed by atoms with Crippen LogP contribution in [-0.4, -0.2) is 35.6 Å². The molecule has 22 heavy (non-hydrogen) atoms. The van der Waals surface area contributed by atoms with E-state index in [2.05, 4.69) is 10.7 Å². The molecule has 1 aromatic rings. The van der Waals surface area contributed by atoms with E-state index in [0.717, 1.165) is 10.6 Å². The van der Waals surface area contributed by atoms with Crippen LogP contribution in [0.4, 0.5) is 4.79 Å². The third-order valence-corrected chi connectivity index (χ3v) is 2.70. The summed E-state index contributed by atoms with van der Waals surface area (Å²) in [6.07, 6.45) is 0. The largest absolute Gasteiger partial charge is 0.464 e. The highest BCUT2D eigenvalue weighted by molar-refractivity contribution is 5.84. The molecule has 0 saturated heterocycles. The Labute approximate surface area is 129 Å². The van der Waals surface area contributed by atoms with Gasteiger partial charge >= 0.3 is 12.0 Å². The lowest BCUT2D eigenvalue weighted by Crippen LogP contribution is -2.53. The summed E-state index contributed by atoms with van der Waals surface area (Å²) in [5.74, 6) is -0.909. The lowest BCUT2D eigenvalue weighted by atomic mass is 10.2. The normalized spacial score (nSPS) is 11.2. The van der Waals surface area contributed by atoms with Crippen molar-refractivity contribution in [1.29, 1.82) is 0 Å². The van der Waals surface area contributed by atoms with Crippen LogP contribution in [0.3, 0.4) is 0 Å². The van der Waals surface area contributed by atoms with E-state index in [-0.39, 0.29) is 19.1 Å². The van der Waals surface area contributed by atoms with Crippen LogP contribution in [0.15, 0.2) is 30.3 Å². The summed E-state index contributed by atoms with van der Waals surface area (Å²) in [6, 6.07) is 7.79. The summed E-state index contributed by atoms with van der Waals surface area (Å²) < 4.78 is 4.82. The molecule has 0 spiro atoms. The summed E-state index contributed by atoms with van der Waals surface area (Å²) in [5, 5.41) is 3.61. The number of hydrazine groups is 1. The second-order valence-electron chi connectivity index (χ2n) is 4.66. The van der Waals surface area contributed by atoms with Crippen LogP contribution < -0.4 is 10.7 Å². The summed E-state index contributed by atoms with van der Waals surface area (Å²) in [7, 11) is 0. The molecular weight excluding hydrogens is 286 g/mol. The third-order valence-electron chi connectivity index (χ3n) is 2.70. The van der Waals surface area contributed by atoms with Gasteiger partial charge in [-0.15, -0.1) is 0 Å². The van der Waals surface area contributed by atoms with Gasteiger partial charge in [0.05, 0.1) is 13.2 Å². The number of hydrogen-bond donors (Lipinski definition) is 2. The molecule has 0 unspecified atom stereocenters. The molecule has 0 radical (unpaired) electrons. The highest BCUT2D eigenvalue weighted by atomic mass is 16.5.